The lowest BCUT2D eigenvalue weighted by molar-refractivity contribution is -0.145. The molecule has 0 bridgehead atoms. The van der Waals surface area contributed by atoms with Crippen molar-refractivity contribution in [2.24, 2.45) is 0 Å². The number of hydrogen-bond donors (Lipinski definition) is 0. The van der Waals surface area contributed by atoms with Crippen molar-refractivity contribution in [2.45, 2.75) is 26.6 Å². The van der Waals surface area contributed by atoms with Crippen molar-refractivity contribution >= 4 is 11.9 Å². The molecule has 3 aromatic rings. The Labute approximate surface area is 164 Å². The lowest BCUT2D eigenvalue weighted by atomic mass is 9.94. The third-order valence-corrected chi connectivity index (χ3v) is 4.37. The molecule has 4 nitrogen and oxygen atoms in total. The number of hydrogen-bond acceptors (Lipinski definition) is 4. The summed E-state index contributed by atoms with van der Waals surface area (Å²) in [7, 11) is 0. The molecule has 1 atom stereocenters. The topological polar surface area (TPSA) is 52.6 Å². The van der Waals surface area contributed by atoms with E-state index in [1.165, 1.54) is 6.92 Å². The zero-order chi connectivity index (χ0) is 19.9. The molecule has 0 saturated carbocycles. The van der Waals surface area contributed by atoms with Crippen LogP contribution in [0.4, 0.5) is 0 Å². The van der Waals surface area contributed by atoms with E-state index in [4.69, 9.17) is 9.47 Å². The SMILES string of the molecule is CC(=O)OC(C)c1cc(C(=O)OCc2ccccc2)ccc1-c1ccccc1. The minimum Gasteiger partial charge on any atom is -0.458 e. The minimum absolute atomic E-state index is 0.203. The highest BCUT2D eigenvalue weighted by atomic mass is 16.5. The largest absolute Gasteiger partial charge is 0.458 e. The van der Waals surface area contributed by atoms with Gasteiger partial charge < -0.3 is 9.47 Å². The zero-order valence-electron chi connectivity index (χ0n) is 15.9. The standard InChI is InChI=1S/C24H22O4/c1-17(28-18(2)25)23-15-21(13-14-22(23)20-11-7-4-8-12-20)24(26)27-16-19-9-5-3-6-10-19/h3-15,17H,16H2,1-2H3. The van der Waals surface area contributed by atoms with Crippen LogP contribution in [0, 0.1) is 0 Å². The van der Waals surface area contributed by atoms with Crippen LogP contribution in [0.1, 0.15) is 41.4 Å². The van der Waals surface area contributed by atoms with Crippen LogP contribution in [0.2, 0.25) is 0 Å². The summed E-state index contributed by atoms with van der Waals surface area (Å²) < 4.78 is 10.8. The van der Waals surface area contributed by atoms with E-state index in [-0.39, 0.29) is 12.6 Å². The van der Waals surface area contributed by atoms with Crippen LogP contribution >= 0.6 is 0 Å². The third kappa shape index (κ3) is 4.86. The monoisotopic (exact) mass is 374 g/mol. The third-order valence-electron chi connectivity index (χ3n) is 4.37. The highest BCUT2D eigenvalue weighted by Crippen LogP contribution is 2.31. The predicted octanol–water partition coefficient (Wildman–Crippen LogP) is 5.33. The van der Waals surface area contributed by atoms with Gasteiger partial charge in [-0.1, -0.05) is 66.7 Å². The van der Waals surface area contributed by atoms with E-state index in [1.54, 1.807) is 19.1 Å². The van der Waals surface area contributed by atoms with E-state index in [1.807, 2.05) is 66.7 Å². The Balaban J connectivity index is 1.88. The average Bonchev–Trinajstić information content (AvgIpc) is 2.72. The highest BCUT2D eigenvalue weighted by Gasteiger charge is 2.18. The summed E-state index contributed by atoms with van der Waals surface area (Å²) >= 11 is 0. The maximum Gasteiger partial charge on any atom is 0.338 e. The maximum absolute atomic E-state index is 12.5. The van der Waals surface area contributed by atoms with Gasteiger partial charge in [0.2, 0.25) is 0 Å². The molecular weight excluding hydrogens is 352 g/mol. The minimum atomic E-state index is -0.491. The normalized spacial score (nSPS) is 11.5. The van der Waals surface area contributed by atoms with Crippen LogP contribution in [-0.4, -0.2) is 11.9 Å². The molecule has 3 rings (SSSR count). The molecule has 0 spiro atoms. The van der Waals surface area contributed by atoms with Crippen LogP contribution in [0.15, 0.2) is 78.9 Å². The highest BCUT2D eigenvalue weighted by molar-refractivity contribution is 5.90. The van der Waals surface area contributed by atoms with Gasteiger partial charge in [0.05, 0.1) is 5.56 Å². The van der Waals surface area contributed by atoms with Gasteiger partial charge in [-0.25, -0.2) is 4.79 Å². The number of carbonyl (C=O) groups is 2. The van der Waals surface area contributed by atoms with Gasteiger partial charge in [-0.3, -0.25) is 4.79 Å². The molecule has 0 heterocycles. The second-order valence-corrected chi connectivity index (χ2v) is 6.48. The second kappa shape index (κ2) is 9.00. The van der Waals surface area contributed by atoms with Gasteiger partial charge in [-0.2, -0.15) is 0 Å². The first-order valence-corrected chi connectivity index (χ1v) is 9.12. The van der Waals surface area contributed by atoms with Gasteiger partial charge in [0.15, 0.2) is 0 Å². The van der Waals surface area contributed by atoms with E-state index < -0.39 is 12.1 Å². The van der Waals surface area contributed by atoms with Gasteiger partial charge >= 0.3 is 11.9 Å². The smallest absolute Gasteiger partial charge is 0.338 e. The molecule has 3 aromatic carbocycles. The van der Waals surface area contributed by atoms with Gasteiger partial charge in [-0.05, 0) is 35.7 Å². The van der Waals surface area contributed by atoms with Crippen molar-refractivity contribution in [2.75, 3.05) is 0 Å². The number of ether oxygens (including phenoxy) is 2. The van der Waals surface area contributed by atoms with Crippen LogP contribution in [-0.2, 0) is 20.9 Å². The van der Waals surface area contributed by atoms with E-state index in [2.05, 4.69) is 0 Å². The molecular formula is C24H22O4. The summed E-state index contributed by atoms with van der Waals surface area (Å²) in [4.78, 5) is 24.0. The van der Waals surface area contributed by atoms with Crippen LogP contribution in [0.3, 0.4) is 0 Å². The van der Waals surface area contributed by atoms with Crippen molar-refractivity contribution < 1.29 is 19.1 Å². The molecule has 0 aliphatic rings. The first kappa shape index (κ1) is 19.4. The van der Waals surface area contributed by atoms with E-state index in [0.29, 0.717) is 5.56 Å². The summed E-state index contributed by atoms with van der Waals surface area (Å²) in [6, 6.07) is 24.6. The zero-order valence-corrected chi connectivity index (χ0v) is 15.9. The van der Waals surface area contributed by atoms with E-state index in [0.717, 1.165) is 22.3 Å². The van der Waals surface area contributed by atoms with Crippen molar-refractivity contribution in [3.05, 3.63) is 95.6 Å². The Kier molecular flexibility index (Phi) is 6.22. The molecule has 0 amide bonds. The van der Waals surface area contributed by atoms with Crippen molar-refractivity contribution in [3.8, 4) is 11.1 Å². The summed E-state index contributed by atoms with van der Waals surface area (Å²) in [6.45, 7) is 3.37. The Bertz CT molecular complexity index is 949. The number of esters is 2. The predicted molar refractivity (Wildman–Crippen MR) is 108 cm³/mol. The fraction of sp³-hybridized carbons (Fsp3) is 0.167. The average molecular weight is 374 g/mol. The fourth-order valence-corrected chi connectivity index (χ4v) is 3.03. The molecule has 28 heavy (non-hydrogen) atoms. The van der Waals surface area contributed by atoms with E-state index >= 15 is 0 Å². The van der Waals surface area contributed by atoms with Gasteiger partial charge in [-0.15, -0.1) is 0 Å². The van der Waals surface area contributed by atoms with Crippen LogP contribution < -0.4 is 0 Å². The molecule has 1 unspecified atom stereocenters. The molecule has 142 valence electrons. The van der Waals surface area contributed by atoms with Gasteiger partial charge in [0.25, 0.3) is 0 Å². The lowest BCUT2D eigenvalue weighted by Crippen LogP contribution is -2.10. The summed E-state index contributed by atoms with van der Waals surface area (Å²) in [5.74, 6) is -0.789. The lowest BCUT2D eigenvalue weighted by Gasteiger charge is -2.18. The molecule has 0 saturated heterocycles. The second-order valence-electron chi connectivity index (χ2n) is 6.48. The maximum atomic E-state index is 12.5. The fourth-order valence-electron chi connectivity index (χ4n) is 3.03. The van der Waals surface area contributed by atoms with Crippen LogP contribution in [0.25, 0.3) is 11.1 Å². The summed E-state index contributed by atoms with van der Waals surface area (Å²) in [6.07, 6.45) is -0.491. The van der Waals surface area contributed by atoms with Crippen LogP contribution in [0.5, 0.6) is 0 Å². The molecule has 0 N–H and O–H groups in total. The molecule has 4 heteroatoms. The summed E-state index contributed by atoms with van der Waals surface area (Å²) in [5.41, 5.74) is 4.00. The van der Waals surface area contributed by atoms with Crippen molar-refractivity contribution in [1.82, 2.24) is 0 Å². The quantitative estimate of drug-likeness (QED) is 0.547. The van der Waals surface area contributed by atoms with Gasteiger partial charge in [0.1, 0.15) is 12.7 Å². The first-order valence-electron chi connectivity index (χ1n) is 9.12. The van der Waals surface area contributed by atoms with Crippen molar-refractivity contribution in [3.63, 3.8) is 0 Å². The molecule has 0 fully saturated rings. The Hall–Kier alpha value is -3.40. The Morgan fingerprint density at radius 2 is 1.54 bits per heavy atom. The first-order chi connectivity index (χ1) is 13.5. The number of benzene rings is 3. The Morgan fingerprint density at radius 3 is 2.18 bits per heavy atom. The summed E-state index contributed by atoms with van der Waals surface area (Å²) in [5, 5.41) is 0. The van der Waals surface area contributed by atoms with Crippen molar-refractivity contribution in [1.29, 1.82) is 0 Å². The van der Waals surface area contributed by atoms with E-state index in [9.17, 15) is 9.59 Å². The molecule has 0 radical (unpaired) electrons. The number of carbonyl (C=O) groups excluding carboxylic acids is 2. The number of rotatable bonds is 6. The Morgan fingerprint density at radius 1 is 0.893 bits per heavy atom. The molecule has 0 aliphatic heterocycles. The molecule has 0 aromatic heterocycles. The van der Waals surface area contributed by atoms with Gasteiger partial charge in [0, 0.05) is 12.5 Å². The molecule has 0 aliphatic carbocycles.